The van der Waals surface area contributed by atoms with Gasteiger partial charge >= 0.3 is 0 Å². The van der Waals surface area contributed by atoms with E-state index < -0.39 is 0 Å². The van der Waals surface area contributed by atoms with E-state index in [-0.39, 0.29) is 5.92 Å². The molecule has 106 valence electrons. The number of aliphatic imine (C=N–C) groups is 2. The van der Waals surface area contributed by atoms with Crippen molar-refractivity contribution in [2.45, 2.75) is 5.92 Å². The summed E-state index contributed by atoms with van der Waals surface area (Å²) < 4.78 is 0. The summed E-state index contributed by atoms with van der Waals surface area (Å²) in [5, 5.41) is 1.28. The van der Waals surface area contributed by atoms with Gasteiger partial charge in [-0.1, -0.05) is 47.5 Å². The van der Waals surface area contributed by atoms with Gasteiger partial charge in [-0.25, -0.2) is 0 Å². The molecule has 0 aliphatic carbocycles. The number of nitrogens with zero attached hydrogens (tertiary/aromatic N) is 2. The largest absolute Gasteiger partial charge is 0.295 e. The van der Waals surface area contributed by atoms with Gasteiger partial charge in [0.2, 0.25) is 0 Å². The van der Waals surface area contributed by atoms with Gasteiger partial charge in [-0.15, -0.1) is 0 Å². The van der Waals surface area contributed by atoms with E-state index in [1.54, 1.807) is 6.07 Å². The molecule has 0 bridgehead atoms. The van der Waals surface area contributed by atoms with Crippen LogP contribution in [0.25, 0.3) is 11.1 Å². The first-order valence-corrected chi connectivity index (χ1v) is 7.52. The fraction of sp³-hybridized carbons (Fsp3) is 0.176. The Morgan fingerprint density at radius 2 is 1.71 bits per heavy atom. The van der Waals surface area contributed by atoms with Gasteiger partial charge in [-0.3, -0.25) is 9.98 Å². The fourth-order valence-electron chi connectivity index (χ4n) is 2.39. The molecule has 2 aromatic rings. The van der Waals surface area contributed by atoms with Gasteiger partial charge in [0.25, 0.3) is 0 Å². The molecule has 0 N–H and O–H groups in total. The molecule has 0 saturated heterocycles. The highest BCUT2D eigenvalue weighted by Gasteiger charge is 2.11. The highest BCUT2D eigenvalue weighted by molar-refractivity contribution is 6.35. The maximum absolute atomic E-state index is 6.09. The summed E-state index contributed by atoms with van der Waals surface area (Å²) in [7, 11) is 0. The Hall–Kier alpha value is -1.64. The quantitative estimate of drug-likeness (QED) is 0.753. The van der Waals surface area contributed by atoms with Crippen molar-refractivity contribution in [2.75, 3.05) is 13.1 Å². The van der Waals surface area contributed by atoms with Crippen molar-refractivity contribution < 1.29 is 0 Å². The van der Waals surface area contributed by atoms with Gasteiger partial charge in [0.1, 0.15) is 0 Å². The fourth-order valence-corrected chi connectivity index (χ4v) is 2.92. The van der Waals surface area contributed by atoms with Crippen LogP contribution in [-0.2, 0) is 0 Å². The van der Waals surface area contributed by atoms with Crippen LogP contribution in [0, 0.1) is 0 Å². The minimum absolute atomic E-state index is 0.221. The second-order valence-electron chi connectivity index (χ2n) is 4.95. The third kappa shape index (κ3) is 3.52. The Kier molecular flexibility index (Phi) is 4.37. The summed E-state index contributed by atoms with van der Waals surface area (Å²) in [5.41, 5.74) is 3.31. The van der Waals surface area contributed by atoms with Crippen molar-refractivity contribution in [1.29, 1.82) is 0 Å². The van der Waals surface area contributed by atoms with Crippen LogP contribution in [0.5, 0.6) is 0 Å². The summed E-state index contributed by atoms with van der Waals surface area (Å²) in [6.45, 7) is 1.41. The molecule has 2 aromatic carbocycles. The Bertz CT molecular complexity index is 687. The molecule has 1 aliphatic rings. The van der Waals surface area contributed by atoms with Gasteiger partial charge in [0, 0.05) is 28.4 Å². The molecule has 4 heteroatoms. The van der Waals surface area contributed by atoms with Gasteiger partial charge in [-0.05, 0) is 34.9 Å². The molecule has 2 nitrogen and oxygen atoms in total. The number of hydrogen-bond donors (Lipinski definition) is 0. The predicted octanol–water partition coefficient (Wildman–Crippen LogP) is 4.90. The van der Waals surface area contributed by atoms with Crippen LogP contribution < -0.4 is 0 Å². The molecule has 0 fully saturated rings. The van der Waals surface area contributed by atoms with Crippen molar-refractivity contribution >= 4 is 35.6 Å². The van der Waals surface area contributed by atoms with E-state index >= 15 is 0 Å². The zero-order chi connectivity index (χ0) is 14.7. The highest BCUT2D eigenvalue weighted by atomic mass is 35.5. The van der Waals surface area contributed by atoms with Gasteiger partial charge in [0.05, 0.1) is 13.1 Å². The van der Waals surface area contributed by atoms with E-state index in [0.717, 1.165) is 17.7 Å². The lowest BCUT2D eigenvalue weighted by Gasteiger charge is -2.11. The van der Waals surface area contributed by atoms with Crippen molar-refractivity contribution in [3.05, 3.63) is 58.1 Å². The minimum Gasteiger partial charge on any atom is -0.295 e. The molecule has 3 rings (SSSR count). The molecule has 0 radical (unpaired) electrons. The zero-order valence-corrected chi connectivity index (χ0v) is 12.8. The lowest BCUT2D eigenvalue weighted by molar-refractivity contribution is 0.915. The SMILES string of the molecule is Clc1cc(Cl)cc(-c2cccc(C3C=NCC=NC3)c2)c1. The molecular formula is C17H14Cl2N2. The number of rotatable bonds is 2. The van der Waals surface area contributed by atoms with Crippen molar-refractivity contribution in [1.82, 2.24) is 0 Å². The van der Waals surface area contributed by atoms with Crippen LogP contribution in [0.4, 0.5) is 0 Å². The van der Waals surface area contributed by atoms with Crippen molar-refractivity contribution in [3.8, 4) is 11.1 Å². The lowest BCUT2D eigenvalue weighted by atomic mass is 9.96. The number of halogens is 2. The van der Waals surface area contributed by atoms with Gasteiger partial charge < -0.3 is 0 Å². The Balaban J connectivity index is 1.97. The monoisotopic (exact) mass is 316 g/mol. The second kappa shape index (κ2) is 6.42. The number of hydrogen-bond acceptors (Lipinski definition) is 2. The van der Waals surface area contributed by atoms with Crippen LogP contribution in [0.15, 0.2) is 52.4 Å². The van der Waals surface area contributed by atoms with Crippen molar-refractivity contribution in [3.63, 3.8) is 0 Å². The summed E-state index contributed by atoms with van der Waals surface area (Å²) in [5.74, 6) is 0.221. The minimum atomic E-state index is 0.221. The third-order valence-electron chi connectivity index (χ3n) is 3.41. The molecule has 1 aliphatic heterocycles. The normalized spacial score (nSPS) is 17.7. The van der Waals surface area contributed by atoms with Crippen LogP contribution >= 0.6 is 23.2 Å². The van der Waals surface area contributed by atoms with E-state index in [9.17, 15) is 0 Å². The third-order valence-corrected chi connectivity index (χ3v) is 3.85. The standard InChI is InChI=1S/C17H14Cl2N2/c18-16-7-14(8-17(19)9-16)12-2-1-3-13(6-12)15-10-20-4-5-21-11-15/h1-4,6-9,11,15H,5,10H2. The maximum Gasteiger partial charge on any atom is 0.0734 e. The lowest BCUT2D eigenvalue weighted by Crippen LogP contribution is -2.03. The van der Waals surface area contributed by atoms with E-state index in [0.29, 0.717) is 16.6 Å². The topological polar surface area (TPSA) is 24.7 Å². The summed E-state index contributed by atoms with van der Waals surface area (Å²) in [6, 6.07) is 13.9. The Labute approximate surface area is 134 Å². The Morgan fingerprint density at radius 3 is 2.52 bits per heavy atom. The van der Waals surface area contributed by atoms with E-state index in [2.05, 4.69) is 28.2 Å². The molecule has 0 amide bonds. The predicted molar refractivity (Wildman–Crippen MR) is 91.4 cm³/mol. The summed E-state index contributed by atoms with van der Waals surface area (Å²) in [4.78, 5) is 8.71. The Morgan fingerprint density at radius 1 is 0.905 bits per heavy atom. The molecule has 0 spiro atoms. The molecule has 0 aromatic heterocycles. The molecule has 1 heterocycles. The first-order valence-electron chi connectivity index (χ1n) is 6.77. The molecule has 1 unspecified atom stereocenters. The second-order valence-corrected chi connectivity index (χ2v) is 5.82. The molecule has 1 atom stereocenters. The van der Waals surface area contributed by atoms with Crippen LogP contribution in [0.2, 0.25) is 10.0 Å². The molecule has 21 heavy (non-hydrogen) atoms. The summed E-state index contributed by atoms with van der Waals surface area (Å²) >= 11 is 12.2. The van der Waals surface area contributed by atoms with E-state index in [1.165, 1.54) is 5.56 Å². The van der Waals surface area contributed by atoms with Crippen LogP contribution in [0.3, 0.4) is 0 Å². The summed E-state index contributed by atoms with van der Waals surface area (Å²) in [6.07, 6.45) is 3.84. The first-order chi connectivity index (χ1) is 10.2. The molecular weight excluding hydrogens is 303 g/mol. The van der Waals surface area contributed by atoms with E-state index in [1.807, 2.05) is 30.6 Å². The van der Waals surface area contributed by atoms with Crippen molar-refractivity contribution in [2.24, 2.45) is 9.98 Å². The first kappa shape index (κ1) is 14.3. The smallest absolute Gasteiger partial charge is 0.0734 e. The average Bonchev–Trinajstić information content (AvgIpc) is 2.75. The van der Waals surface area contributed by atoms with Gasteiger partial charge in [0.15, 0.2) is 0 Å². The maximum atomic E-state index is 6.09. The van der Waals surface area contributed by atoms with Crippen LogP contribution in [0.1, 0.15) is 11.5 Å². The number of benzene rings is 2. The molecule has 0 saturated carbocycles. The zero-order valence-electron chi connectivity index (χ0n) is 11.3. The average molecular weight is 317 g/mol. The van der Waals surface area contributed by atoms with Crippen LogP contribution in [-0.4, -0.2) is 25.5 Å². The van der Waals surface area contributed by atoms with E-state index in [4.69, 9.17) is 23.2 Å². The van der Waals surface area contributed by atoms with Gasteiger partial charge in [-0.2, -0.15) is 0 Å². The highest BCUT2D eigenvalue weighted by Crippen LogP contribution is 2.29.